The van der Waals surface area contributed by atoms with E-state index >= 15 is 0 Å². The van der Waals surface area contributed by atoms with Crippen LogP contribution in [0.25, 0.3) is 0 Å². The van der Waals surface area contributed by atoms with Crippen molar-refractivity contribution in [1.29, 1.82) is 0 Å². The fourth-order valence-electron chi connectivity index (χ4n) is 0.966. The van der Waals surface area contributed by atoms with Crippen LogP contribution in [0.4, 0.5) is 17.6 Å². The molecule has 0 saturated carbocycles. The summed E-state index contributed by atoms with van der Waals surface area (Å²) in [5, 5.41) is 0. The standard InChI is InChI=1S/C10H9BrF4O/c1-6-2-3-7(11)4-8(6)16-5-10(14,15)9(12)13/h2-4,9H,5H2,1H3. The van der Waals surface area contributed by atoms with Crippen LogP contribution in [0.5, 0.6) is 5.75 Å². The van der Waals surface area contributed by atoms with Gasteiger partial charge >= 0.3 is 12.3 Å². The molecule has 0 heterocycles. The highest BCUT2D eigenvalue weighted by atomic mass is 79.9. The zero-order valence-corrected chi connectivity index (χ0v) is 9.90. The molecule has 0 atom stereocenters. The lowest BCUT2D eigenvalue weighted by Crippen LogP contribution is -2.33. The highest BCUT2D eigenvalue weighted by Gasteiger charge is 2.41. The molecule has 0 bridgehead atoms. The smallest absolute Gasteiger partial charge is 0.340 e. The van der Waals surface area contributed by atoms with Crippen LogP contribution in [0.2, 0.25) is 0 Å². The largest absolute Gasteiger partial charge is 0.487 e. The molecule has 1 aromatic carbocycles. The van der Waals surface area contributed by atoms with Crippen molar-refractivity contribution in [2.45, 2.75) is 19.3 Å². The van der Waals surface area contributed by atoms with E-state index in [1.54, 1.807) is 19.1 Å². The SMILES string of the molecule is Cc1ccc(Br)cc1OCC(F)(F)C(F)F. The summed E-state index contributed by atoms with van der Waals surface area (Å²) in [7, 11) is 0. The Bertz CT molecular complexity index is 368. The van der Waals surface area contributed by atoms with Crippen molar-refractivity contribution in [2.24, 2.45) is 0 Å². The van der Waals surface area contributed by atoms with Gasteiger partial charge in [0.05, 0.1) is 0 Å². The van der Waals surface area contributed by atoms with E-state index in [4.69, 9.17) is 0 Å². The number of hydrogen-bond donors (Lipinski definition) is 0. The number of rotatable bonds is 4. The van der Waals surface area contributed by atoms with Gasteiger partial charge in [-0.25, -0.2) is 8.78 Å². The lowest BCUT2D eigenvalue weighted by atomic mass is 10.2. The van der Waals surface area contributed by atoms with Crippen molar-refractivity contribution in [3.05, 3.63) is 28.2 Å². The van der Waals surface area contributed by atoms with E-state index in [9.17, 15) is 17.6 Å². The maximum atomic E-state index is 12.6. The minimum absolute atomic E-state index is 0.162. The first kappa shape index (κ1) is 13.3. The first-order valence-corrected chi connectivity index (χ1v) is 5.17. The molecule has 0 saturated heterocycles. The van der Waals surface area contributed by atoms with E-state index in [1.165, 1.54) is 6.07 Å². The van der Waals surface area contributed by atoms with Gasteiger partial charge in [-0.1, -0.05) is 22.0 Å². The summed E-state index contributed by atoms with van der Waals surface area (Å²) in [5.41, 5.74) is 0.605. The van der Waals surface area contributed by atoms with Crippen LogP contribution in [0, 0.1) is 6.92 Å². The zero-order valence-electron chi connectivity index (χ0n) is 8.31. The number of hydrogen-bond acceptors (Lipinski definition) is 1. The molecule has 0 aromatic heterocycles. The number of halogens is 5. The third-order valence-corrected chi connectivity index (χ3v) is 2.38. The molecule has 1 rings (SSSR count). The second kappa shape index (κ2) is 5.03. The third kappa shape index (κ3) is 3.37. The van der Waals surface area contributed by atoms with Crippen LogP contribution in [0.3, 0.4) is 0 Å². The predicted molar refractivity (Wildman–Crippen MR) is 55.3 cm³/mol. The minimum Gasteiger partial charge on any atom is -0.487 e. The highest BCUT2D eigenvalue weighted by Crippen LogP contribution is 2.27. The molecule has 0 unspecified atom stereocenters. The van der Waals surface area contributed by atoms with Crippen LogP contribution in [-0.2, 0) is 0 Å². The van der Waals surface area contributed by atoms with Crippen LogP contribution in [0.1, 0.15) is 5.56 Å². The van der Waals surface area contributed by atoms with Gasteiger partial charge in [-0.05, 0) is 24.6 Å². The molecule has 1 nitrogen and oxygen atoms in total. The predicted octanol–water partition coefficient (Wildman–Crippen LogP) is 4.04. The Labute approximate surface area is 98.5 Å². The lowest BCUT2D eigenvalue weighted by molar-refractivity contribution is -0.148. The van der Waals surface area contributed by atoms with Crippen molar-refractivity contribution in [2.75, 3.05) is 6.61 Å². The quantitative estimate of drug-likeness (QED) is 0.763. The van der Waals surface area contributed by atoms with E-state index in [0.29, 0.717) is 10.0 Å². The molecule has 0 spiro atoms. The fraction of sp³-hybridized carbons (Fsp3) is 0.400. The molecule has 0 N–H and O–H groups in total. The van der Waals surface area contributed by atoms with Gasteiger partial charge in [0, 0.05) is 4.47 Å². The summed E-state index contributed by atoms with van der Waals surface area (Å²) in [6.07, 6.45) is -3.72. The van der Waals surface area contributed by atoms with E-state index in [0.717, 1.165) is 0 Å². The minimum atomic E-state index is -4.13. The lowest BCUT2D eigenvalue weighted by Gasteiger charge is -2.17. The summed E-state index contributed by atoms with van der Waals surface area (Å²) in [5.74, 6) is -3.97. The molecule has 0 amide bonds. The summed E-state index contributed by atoms with van der Waals surface area (Å²) >= 11 is 3.13. The molecule has 1 aromatic rings. The molecule has 6 heteroatoms. The average Bonchev–Trinajstić information content (AvgIpc) is 2.19. The van der Waals surface area contributed by atoms with Crippen LogP contribution in [-0.4, -0.2) is 19.0 Å². The van der Waals surface area contributed by atoms with Crippen molar-refractivity contribution in [1.82, 2.24) is 0 Å². The van der Waals surface area contributed by atoms with E-state index in [1.807, 2.05) is 0 Å². The molecule has 0 radical (unpaired) electrons. The number of aryl methyl sites for hydroxylation is 1. The Balaban J connectivity index is 2.71. The van der Waals surface area contributed by atoms with Crippen LogP contribution < -0.4 is 4.74 Å². The Morgan fingerprint density at radius 2 is 2.00 bits per heavy atom. The first-order chi connectivity index (χ1) is 7.33. The normalized spacial score (nSPS) is 11.9. The van der Waals surface area contributed by atoms with Crippen molar-refractivity contribution >= 4 is 15.9 Å². The molecular formula is C10H9BrF4O. The van der Waals surface area contributed by atoms with E-state index in [-0.39, 0.29) is 5.75 Å². The van der Waals surface area contributed by atoms with Crippen LogP contribution in [0.15, 0.2) is 22.7 Å². The van der Waals surface area contributed by atoms with E-state index in [2.05, 4.69) is 20.7 Å². The maximum absolute atomic E-state index is 12.6. The van der Waals surface area contributed by atoms with Gasteiger partial charge in [-0.2, -0.15) is 8.78 Å². The molecule has 0 aliphatic carbocycles. The third-order valence-electron chi connectivity index (χ3n) is 1.89. The monoisotopic (exact) mass is 300 g/mol. The Hall–Kier alpha value is -0.780. The summed E-state index contributed by atoms with van der Waals surface area (Å²) in [4.78, 5) is 0. The van der Waals surface area contributed by atoms with Crippen molar-refractivity contribution < 1.29 is 22.3 Å². The van der Waals surface area contributed by atoms with Crippen molar-refractivity contribution in [3.63, 3.8) is 0 Å². The second-order valence-electron chi connectivity index (χ2n) is 3.26. The molecule has 16 heavy (non-hydrogen) atoms. The first-order valence-electron chi connectivity index (χ1n) is 4.38. The van der Waals surface area contributed by atoms with Gasteiger partial charge in [0.2, 0.25) is 0 Å². The summed E-state index contributed by atoms with van der Waals surface area (Å²) in [6, 6.07) is 4.80. The van der Waals surface area contributed by atoms with Gasteiger partial charge in [-0.3, -0.25) is 0 Å². The van der Waals surface area contributed by atoms with Gasteiger partial charge in [-0.15, -0.1) is 0 Å². The number of ether oxygens (including phenoxy) is 1. The summed E-state index contributed by atoms with van der Waals surface area (Å²) < 4.78 is 54.2. The molecule has 0 aliphatic rings. The van der Waals surface area contributed by atoms with Gasteiger partial charge in [0.1, 0.15) is 5.75 Å². The van der Waals surface area contributed by atoms with Gasteiger partial charge in [0.25, 0.3) is 0 Å². The molecule has 0 aliphatic heterocycles. The highest BCUT2D eigenvalue weighted by molar-refractivity contribution is 9.10. The number of alkyl halides is 4. The van der Waals surface area contributed by atoms with Crippen molar-refractivity contribution in [3.8, 4) is 5.75 Å². The maximum Gasteiger partial charge on any atom is 0.340 e. The van der Waals surface area contributed by atoms with Gasteiger partial charge in [0.15, 0.2) is 6.61 Å². The topological polar surface area (TPSA) is 9.23 Å². The molecule has 90 valence electrons. The van der Waals surface area contributed by atoms with E-state index < -0.39 is 19.0 Å². The zero-order chi connectivity index (χ0) is 12.3. The summed E-state index contributed by atoms with van der Waals surface area (Å²) in [6.45, 7) is 0.310. The fourth-order valence-corrected chi connectivity index (χ4v) is 1.31. The molecular weight excluding hydrogens is 292 g/mol. The Morgan fingerprint density at radius 1 is 1.38 bits per heavy atom. The Morgan fingerprint density at radius 3 is 2.56 bits per heavy atom. The van der Waals surface area contributed by atoms with Gasteiger partial charge < -0.3 is 4.74 Å². The van der Waals surface area contributed by atoms with Crippen LogP contribution >= 0.6 is 15.9 Å². The average molecular weight is 301 g/mol. The second-order valence-corrected chi connectivity index (χ2v) is 4.18. The Kier molecular flexibility index (Phi) is 4.18. The number of benzene rings is 1. The molecule has 0 fully saturated rings.